The SMILES string of the molecule is CC1CC1c1ccc(C(O)Cc2csc3ccccc23)o1. The zero-order chi connectivity index (χ0) is 14.4. The number of furan rings is 1. The van der Waals surface area contributed by atoms with Crippen molar-refractivity contribution in [1.82, 2.24) is 0 Å². The molecule has 21 heavy (non-hydrogen) atoms. The van der Waals surface area contributed by atoms with Gasteiger partial charge in [-0.15, -0.1) is 11.3 Å². The molecule has 4 rings (SSSR count). The van der Waals surface area contributed by atoms with Gasteiger partial charge >= 0.3 is 0 Å². The number of fused-ring (bicyclic) bond motifs is 1. The van der Waals surface area contributed by atoms with Crippen molar-refractivity contribution in [3.63, 3.8) is 0 Å². The molecule has 1 N–H and O–H groups in total. The molecule has 108 valence electrons. The molecule has 1 fully saturated rings. The predicted octanol–water partition coefficient (Wildman–Crippen LogP) is 4.89. The molecular weight excluding hydrogens is 280 g/mol. The van der Waals surface area contributed by atoms with Crippen LogP contribution in [0.4, 0.5) is 0 Å². The molecule has 0 bridgehead atoms. The quantitative estimate of drug-likeness (QED) is 0.743. The second kappa shape index (κ2) is 5.00. The summed E-state index contributed by atoms with van der Waals surface area (Å²) in [5.74, 6) is 3.01. The fraction of sp³-hybridized carbons (Fsp3) is 0.333. The minimum absolute atomic E-state index is 0.563. The van der Waals surface area contributed by atoms with Crippen molar-refractivity contribution in [1.29, 1.82) is 0 Å². The first-order valence-corrected chi connectivity index (χ1v) is 8.33. The van der Waals surface area contributed by atoms with Crippen molar-refractivity contribution in [3.8, 4) is 0 Å². The van der Waals surface area contributed by atoms with Gasteiger partial charge in [0.2, 0.25) is 0 Å². The van der Waals surface area contributed by atoms with Crippen molar-refractivity contribution in [2.24, 2.45) is 5.92 Å². The van der Waals surface area contributed by atoms with E-state index in [0.29, 0.717) is 18.1 Å². The number of hydrogen-bond acceptors (Lipinski definition) is 3. The average Bonchev–Trinajstić information content (AvgIpc) is 2.94. The van der Waals surface area contributed by atoms with E-state index in [1.54, 1.807) is 11.3 Å². The Kier molecular flexibility index (Phi) is 3.12. The van der Waals surface area contributed by atoms with Crippen LogP contribution in [0.5, 0.6) is 0 Å². The van der Waals surface area contributed by atoms with Gasteiger partial charge in [-0.25, -0.2) is 0 Å². The molecule has 3 heteroatoms. The van der Waals surface area contributed by atoms with Gasteiger partial charge in [0, 0.05) is 17.0 Å². The molecule has 0 amide bonds. The van der Waals surface area contributed by atoms with Crippen molar-refractivity contribution in [2.75, 3.05) is 0 Å². The molecular formula is C18H18O2S. The van der Waals surface area contributed by atoms with Crippen LogP contribution in [0.15, 0.2) is 46.2 Å². The monoisotopic (exact) mass is 298 g/mol. The van der Waals surface area contributed by atoms with Crippen molar-refractivity contribution >= 4 is 21.4 Å². The fourth-order valence-corrected chi connectivity index (χ4v) is 3.94. The molecule has 1 aliphatic carbocycles. The summed E-state index contributed by atoms with van der Waals surface area (Å²) in [7, 11) is 0. The van der Waals surface area contributed by atoms with Crippen LogP contribution in [0.25, 0.3) is 10.1 Å². The topological polar surface area (TPSA) is 33.4 Å². The van der Waals surface area contributed by atoms with Gasteiger partial charge in [-0.2, -0.15) is 0 Å². The maximum Gasteiger partial charge on any atom is 0.133 e. The van der Waals surface area contributed by atoms with Crippen LogP contribution in [0.1, 0.15) is 42.5 Å². The number of aliphatic hydroxyl groups is 1. The summed E-state index contributed by atoms with van der Waals surface area (Å²) in [6, 6.07) is 12.3. The third-order valence-electron chi connectivity index (χ3n) is 4.43. The van der Waals surface area contributed by atoms with Gasteiger partial charge in [0.05, 0.1) is 0 Å². The molecule has 0 aliphatic heterocycles. The Hall–Kier alpha value is -1.58. The van der Waals surface area contributed by atoms with Gasteiger partial charge in [0.1, 0.15) is 17.6 Å². The Morgan fingerprint density at radius 1 is 1.29 bits per heavy atom. The van der Waals surface area contributed by atoms with E-state index in [4.69, 9.17) is 4.42 Å². The minimum atomic E-state index is -0.564. The lowest BCUT2D eigenvalue weighted by molar-refractivity contribution is 0.148. The van der Waals surface area contributed by atoms with E-state index in [-0.39, 0.29) is 0 Å². The molecule has 1 aliphatic rings. The maximum atomic E-state index is 10.4. The first-order chi connectivity index (χ1) is 10.2. The third-order valence-corrected chi connectivity index (χ3v) is 5.44. The molecule has 0 spiro atoms. The lowest BCUT2D eigenvalue weighted by Crippen LogP contribution is -1.99. The summed E-state index contributed by atoms with van der Waals surface area (Å²) >= 11 is 1.73. The standard InChI is InChI=1S/C18H18O2S/c1-11-8-14(11)16-6-7-17(20-16)15(19)9-12-10-21-18-5-3-2-4-13(12)18/h2-7,10-11,14-15,19H,8-9H2,1H3. The lowest BCUT2D eigenvalue weighted by Gasteiger charge is -2.07. The zero-order valence-corrected chi connectivity index (χ0v) is 12.8. The van der Waals surface area contributed by atoms with Crippen molar-refractivity contribution < 1.29 is 9.52 Å². The number of aliphatic hydroxyl groups excluding tert-OH is 1. The fourth-order valence-electron chi connectivity index (χ4n) is 2.97. The molecule has 1 saturated carbocycles. The van der Waals surface area contributed by atoms with E-state index in [0.717, 1.165) is 11.7 Å². The summed E-state index contributed by atoms with van der Waals surface area (Å²) in [5, 5.41) is 13.8. The average molecular weight is 298 g/mol. The van der Waals surface area contributed by atoms with Gasteiger partial charge in [0.25, 0.3) is 0 Å². The minimum Gasteiger partial charge on any atom is -0.463 e. The third kappa shape index (κ3) is 2.41. The second-order valence-electron chi connectivity index (χ2n) is 6.04. The Bertz CT molecular complexity index is 770. The normalized spacial score (nSPS) is 22.6. The van der Waals surface area contributed by atoms with Gasteiger partial charge in [-0.3, -0.25) is 0 Å². The van der Waals surface area contributed by atoms with E-state index in [1.165, 1.54) is 22.1 Å². The highest BCUT2D eigenvalue weighted by atomic mass is 32.1. The largest absolute Gasteiger partial charge is 0.463 e. The Morgan fingerprint density at radius 2 is 2.10 bits per heavy atom. The van der Waals surface area contributed by atoms with Gasteiger partial charge < -0.3 is 9.52 Å². The van der Waals surface area contributed by atoms with Crippen LogP contribution < -0.4 is 0 Å². The Labute approximate surface area is 128 Å². The Balaban J connectivity index is 1.55. The van der Waals surface area contributed by atoms with Gasteiger partial charge in [-0.05, 0) is 46.9 Å². The predicted molar refractivity (Wildman–Crippen MR) is 85.7 cm³/mol. The number of hydrogen-bond donors (Lipinski definition) is 1. The molecule has 3 aromatic rings. The van der Waals surface area contributed by atoms with Crippen LogP contribution in [-0.4, -0.2) is 5.11 Å². The van der Waals surface area contributed by atoms with Crippen molar-refractivity contribution in [2.45, 2.75) is 31.8 Å². The first kappa shape index (κ1) is 13.1. The smallest absolute Gasteiger partial charge is 0.133 e. The zero-order valence-electron chi connectivity index (χ0n) is 12.0. The summed E-state index contributed by atoms with van der Waals surface area (Å²) in [6.07, 6.45) is 1.25. The molecule has 0 saturated heterocycles. The van der Waals surface area contributed by atoms with Crippen LogP contribution in [-0.2, 0) is 6.42 Å². The van der Waals surface area contributed by atoms with Gasteiger partial charge in [0.15, 0.2) is 0 Å². The number of benzene rings is 1. The summed E-state index contributed by atoms with van der Waals surface area (Å²) in [5.41, 5.74) is 1.20. The molecule has 3 atom stereocenters. The van der Waals surface area contributed by atoms with Crippen molar-refractivity contribution in [3.05, 3.63) is 58.9 Å². The molecule has 0 radical (unpaired) electrons. The first-order valence-electron chi connectivity index (χ1n) is 7.45. The highest BCUT2D eigenvalue weighted by Crippen LogP contribution is 2.47. The summed E-state index contributed by atoms with van der Waals surface area (Å²) in [6.45, 7) is 2.24. The molecule has 2 aromatic heterocycles. The highest BCUT2D eigenvalue weighted by molar-refractivity contribution is 7.17. The van der Waals surface area contributed by atoms with E-state index in [1.807, 2.05) is 18.2 Å². The number of thiophene rings is 1. The lowest BCUT2D eigenvalue weighted by atomic mass is 10.1. The molecule has 1 aromatic carbocycles. The van der Waals surface area contributed by atoms with Gasteiger partial charge in [-0.1, -0.05) is 25.1 Å². The van der Waals surface area contributed by atoms with Crippen LogP contribution >= 0.6 is 11.3 Å². The molecule has 3 unspecified atom stereocenters. The summed E-state index contributed by atoms with van der Waals surface area (Å²) in [4.78, 5) is 0. The number of rotatable bonds is 4. The maximum absolute atomic E-state index is 10.4. The molecule has 2 heterocycles. The van der Waals surface area contributed by atoms with E-state index in [2.05, 4.69) is 30.5 Å². The van der Waals surface area contributed by atoms with Crippen LogP contribution in [0.2, 0.25) is 0 Å². The Morgan fingerprint density at radius 3 is 2.90 bits per heavy atom. The van der Waals surface area contributed by atoms with E-state index in [9.17, 15) is 5.11 Å². The van der Waals surface area contributed by atoms with E-state index < -0.39 is 6.10 Å². The van der Waals surface area contributed by atoms with Crippen LogP contribution in [0, 0.1) is 5.92 Å². The van der Waals surface area contributed by atoms with E-state index >= 15 is 0 Å². The molecule has 2 nitrogen and oxygen atoms in total. The van der Waals surface area contributed by atoms with Crippen LogP contribution in [0.3, 0.4) is 0 Å². The second-order valence-corrected chi connectivity index (χ2v) is 6.95. The summed E-state index contributed by atoms with van der Waals surface area (Å²) < 4.78 is 7.12. The highest BCUT2D eigenvalue weighted by Gasteiger charge is 2.36.